The van der Waals surface area contributed by atoms with Crippen LogP contribution in [0.25, 0.3) is 0 Å². The highest BCUT2D eigenvalue weighted by Gasteiger charge is 2.24. The Bertz CT molecular complexity index is 349. The fourth-order valence-corrected chi connectivity index (χ4v) is 2.84. The molecule has 0 heterocycles. The minimum Gasteiger partial charge on any atom is -0.402 e. The van der Waals surface area contributed by atoms with Crippen LogP contribution in [0.5, 0.6) is 0 Å². The van der Waals surface area contributed by atoms with Gasteiger partial charge in [-0.3, -0.25) is 0 Å². The number of benzene rings is 1. The van der Waals surface area contributed by atoms with Crippen LogP contribution in [-0.4, -0.2) is 26.6 Å². The summed E-state index contributed by atoms with van der Waals surface area (Å²) in [5.74, 6) is 5.35. The molecule has 0 aliphatic carbocycles. The van der Waals surface area contributed by atoms with Crippen molar-refractivity contribution in [1.29, 1.82) is 0 Å². The predicted octanol–water partition coefficient (Wildman–Crippen LogP) is 1.11. The van der Waals surface area contributed by atoms with Crippen LogP contribution in [0.3, 0.4) is 0 Å². The maximum absolute atomic E-state index is 8.49. The average Bonchev–Trinajstić information content (AvgIpc) is 2.26. The van der Waals surface area contributed by atoms with Gasteiger partial charge in [0.25, 0.3) is 0 Å². The van der Waals surface area contributed by atoms with E-state index in [0.717, 1.165) is 0 Å². The molecule has 0 saturated heterocycles. The molecule has 3 heteroatoms. The van der Waals surface area contributed by atoms with Crippen molar-refractivity contribution in [2.45, 2.75) is 13.1 Å². The van der Waals surface area contributed by atoms with Gasteiger partial charge in [-0.05, 0) is 18.3 Å². The van der Waals surface area contributed by atoms with E-state index >= 15 is 0 Å². The molecule has 80 valence electrons. The number of rotatable bonds is 3. The second kappa shape index (κ2) is 5.71. The maximum Gasteiger partial charge on any atom is 0.219 e. The first-order valence-corrected chi connectivity index (χ1v) is 7.84. The van der Waals surface area contributed by atoms with E-state index in [1.54, 1.807) is 0 Å². The lowest BCUT2D eigenvalue weighted by Crippen LogP contribution is -2.44. The monoisotopic (exact) mass is 220 g/mol. The van der Waals surface area contributed by atoms with Gasteiger partial charge in [0.05, 0.1) is 6.61 Å². The molecule has 0 bridgehead atoms. The smallest absolute Gasteiger partial charge is 0.219 e. The normalized spacial score (nSPS) is 10.6. The Morgan fingerprint density at radius 2 is 1.87 bits per heavy atom. The van der Waals surface area contributed by atoms with Crippen LogP contribution in [0.4, 0.5) is 0 Å². The average molecular weight is 220 g/mol. The van der Waals surface area contributed by atoms with Gasteiger partial charge in [0.15, 0.2) is 0 Å². The highest BCUT2D eigenvalue weighted by Crippen LogP contribution is 2.04. The molecule has 15 heavy (non-hydrogen) atoms. The van der Waals surface area contributed by atoms with E-state index < -0.39 is 8.32 Å². The van der Waals surface area contributed by atoms with E-state index in [2.05, 4.69) is 37.1 Å². The molecule has 0 radical (unpaired) electrons. The lowest BCUT2D eigenvalue weighted by molar-refractivity contribution is 0.347. The Morgan fingerprint density at radius 1 is 1.20 bits per heavy atom. The van der Waals surface area contributed by atoms with Crippen molar-refractivity contribution in [2.24, 2.45) is 0 Å². The number of hydrogen-bond donors (Lipinski definition) is 1. The van der Waals surface area contributed by atoms with Crippen LogP contribution in [0, 0.1) is 11.8 Å². The molecule has 0 atom stereocenters. The lowest BCUT2D eigenvalue weighted by Gasteiger charge is -2.21. The first kappa shape index (κ1) is 12.0. The Kier molecular flexibility index (Phi) is 4.57. The molecular formula is C12H16O2Si. The second-order valence-electron chi connectivity index (χ2n) is 3.68. The van der Waals surface area contributed by atoms with Crippen LogP contribution < -0.4 is 5.19 Å². The van der Waals surface area contributed by atoms with Gasteiger partial charge in [-0.15, -0.1) is 0 Å². The zero-order chi connectivity index (χ0) is 11.1. The summed E-state index contributed by atoms with van der Waals surface area (Å²) in [6.45, 7) is 4.58. The minimum atomic E-state index is -1.81. The summed E-state index contributed by atoms with van der Waals surface area (Å²) < 4.78 is 5.77. The van der Waals surface area contributed by atoms with E-state index in [0.29, 0.717) is 6.61 Å². The van der Waals surface area contributed by atoms with Crippen molar-refractivity contribution in [2.75, 3.05) is 13.2 Å². The van der Waals surface area contributed by atoms with Crippen molar-refractivity contribution in [3.05, 3.63) is 30.3 Å². The number of hydrogen-bond acceptors (Lipinski definition) is 2. The molecule has 2 nitrogen and oxygen atoms in total. The van der Waals surface area contributed by atoms with Crippen molar-refractivity contribution >= 4 is 13.5 Å². The second-order valence-corrected chi connectivity index (χ2v) is 7.56. The highest BCUT2D eigenvalue weighted by atomic mass is 28.4. The molecular weight excluding hydrogens is 204 g/mol. The molecule has 0 unspecified atom stereocenters. The third-order valence-corrected chi connectivity index (χ3v) is 4.77. The van der Waals surface area contributed by atoms with Crippen molar-refractivity contribution in [3.63, 3.8) is 0 Å². The molecule has 0 amide bonds. The Morgan fingerprint density at radius 3 is 2.47 bits per heavy atom. The van der Waals surface area contributed by atoms with Gasteiger partial charge >= 0.3 is 0 Å². The van der Waals surface area contributed by atoms with Crippen LogP contribution in [0.1, 0.15) is 0 Å². The molecule has 0 aliphatic heterocycles. The summed E-state index contributed by atoms with van der Waals surface area (Å²) in [5.41, 5.74) is 0. The highest BCUT2D eigenvalue weighted by molar-refractivity contribution is 6.84. The van der Waals surface area contributed by atoms with Crippen molar-refractivity contribution in [3.8, 4) is 11.8 Å². The number of aliphatic hydroxyl groups is 1. The van der Waals surface area contributed by atoms with Gasteiger partial charge in [-0.1, -0.05) is 42.2 Å². The molecule has 1 aromatic carbocycles. The van der Waals surface area contributed by atoms with E-state index in [-0.39, 0.29) is 6.61 Å². The first-order chi connectivity index (χ1) is 7.17. The molecule has 1 N–H and O–H groups in total. The van der Waals surface area contributed by atoms with Gasteiger partial charge in [-0.25, -0.2) is 0 Å². The Hall–Kier alpha value is -1.08. The van der Waals surface area contributed by atoms with Crippen molar-refractivity contribution in [1.82, 2.24) is 0 Å². The molecule has 0 saturated carbocycles. The predicted molar refractivity (Wildman–Crippen MR) is 64.4 cm³/mol. The third kappa shape index (κ3) is 3.88. The van der Waals surface area contributed by atoms with Crippen LogP contribution in [0.15, 0.2) is 30.3 Å². The third-order valence-electron chi connectivity index (χ3n) is 2.18. The molecule has 1 aromatic rings. The van der Waals surface area contributed by atoms with Gasteiger partial charge < -0.3 is 9.53 Å². The molecule has 0 aliphatic rings. The summed E-state index contributed by atoms with van der Waals surface area (Å²) in [6.07, 6.45) is 0. The molecule has 0 fully saturated rings. The van der Waals surface area contributed by atoms with E-state index in [1.165, 1.54) is 5.19 Å². The fraction of sp³-hybridized carbons (Fsp3) is 0.333. The molecule has 0 spiro atoms. The topological polar surface area (TPSA) is 29.5 Å². The van der Waals surface area contributed by atoms with Gasteiger partial charge in [0, 0.05) is 0 Å². The summed E-state index contributed by atoms with van der Waals surface area (Å²) >= 11 is 0. The lowest BCUT2D eigenvalue weighted by atomic mass is 10.4. The largest absolute Gasteiger partial charge is 0.402 e. The summed E-state index contributed by atoms with van der Waals surface area (Å²) in [7, 11) is -1.81. The summed E-state index contributed by atoms with van der Waals surface area (Å²) in [6, 6.07) is 10.2. The van der Waals surface area contributed by atoms with Gasteiger partial charge in [0.2, 0.25) is 8.32 Å². The zero-order valence-electron chi connectivity index (χ0n) is 9.16. The van der Waals surface area contributed by atoms with E-state index in [1.807, 2.05) is 18.2 Å². The standard InChI is InChI=1S/C12H16O2Si/c1-15(2,14-11-7-6-10-13)12-8-4-3-5-9-12/h3-5,8-9,13H,10-11H2,1-2H3. The van der Waals surface area contributed by atoms with Gasteiger partial charge in [-0.2, -0.15) is 0 Å². The van der Waals surface area contributed by atoms with Gasteiger partial charge in [0.1, 0.15) is 6.61 Å². The number of aliphatic hydroxyl groups excluding tert-OH is 1. The first-order valence-electron chi connectivity index (χ1n) is 4.93. The Balaban J connectivity index is 2.59. The minimum absolute atomic E-state index is 0.101. The maximum atomic E-state index is 8.49. The zero-order valence-corrected chi connectivity index (χ0v) is 10.2. The Labute approximate surface area is 92.0 Å². The van der Waals surface area contributed by atoms with Crippen molar-refractivity contribution < 1.29 is 9.53 Å². The summed E-state index contributed by atoms with van der Waals surface area (Å²) in [4.78, 5) is 0. The van der Waals surface area contributed by atoms with E-state index in [4.69, 9.17) is 9.53 Å². The summed E-state index contributed by atoms with van der Waals surface area (Å²) in [5, 5.41) is 9.75. The fourth-order valence-electron chi connectivity index (χ4n) is 1.25. The quantitative estimate of drug-likeness (QED) is 0.611. The van der Waals surface area contributed by atoms with Crippen LogP contribution >= 0.6 is 0 Å². The van der Waals surface area contributed by atoms with Crippen LogP contribution in [-0.2, 0) is 4.43 Å². The van der Waals surface area contributed by atoms with E-state index in [9.17, 15) is 0 Å². The van der Waals surface area contributed by atoms with Crippen LogP contribution in [0.2, 0.25) is 13.1 Å². The SMILES string of the molecule is C[Si](C)(OCC#CCO)c1ccccc1. The molecule has 1 rings (SSSR count). The molecule has 0 aromatic heterocycles.